The fourth-order valence-electron chi connectivity index (χ4n) is 4.47. The minimum atomic E-state index is -0.431. The highest BCUT2D eigenvalue weighted by Gasteiger charge is 2.41. The number of benzene rings is 1. The van der Waals surface area contributed by atoms with Gasteiger partial charge in [0.2, 0.25) is 11.8 Å². The molecule has 3 rings (SSSR count). The first kappa shape index (κ1) is 23.5. The largest absolute Gasteiger partial charge is 0.493 e. The van der Waals surface area contributed by atoms with Crippen molar-refractivity contribution >= 4 is 11.8 Å². The smallest absolute Gasteiger partial charge is 0.223 e. The van der Waals surface area contributed by atoms with Crippen LogP contribution in [0.15, 0.2) is 24.3 Å². The maximum atomic E-state index is 13.3. The molecule has 1 aromatic rings. The van der Waals surface area contributed by atoms with Gasteiger partial charge in [0.05, 0.1) is 6.61 Å². The maximum absolute atomic E-state index is 13.3. The van der Waals surface area contributed by atoms with Crippen molar-refractivity contribution in [3.63, 3.8) is 0 Å². The number of likely N-dealkylation sites (N-methyl/N-ethyl adjacent to an activating group) is 1. The second-order valence-electron chi connectivity index (χ2n) is 9.62. The first-order chi connectivity index (χ1) is 14.8. The van der Waals surface area contributed by atoms with E-state index in [9.17, 15) is 14.0 Å². The van der Waals surface area contributed by atoms with Crippen molar-refractivity contribution in [3.8, 4) is 5.75 Å². The third kappa shape index (κ3) is 6.66. The Kier molecular flexibility index (Phi) is 7.92. The molecule has 2 fully saturated rings. The van der Waals surface area contributed by atoms with Gasteiger partial charge in [-0.3, -0.25) is 9.59 Å². The second kappa shape index (κ2) is 10.4. The molecule has 1 aromatic carbocycles. The predicted octanol–water partition coefficient (Wildman–Crippen LogP) is 3.02. The van der Waals surface area contributed by atoms with Crippen LogP contribution in [0.1, 0.15) is 39.5 Å². The Morgan fingerprint density at radius 1 is 1.03 bits per heavy atom. The van der Waals surface area contributed by atoms with Crippen LogP contribution in [0.25, 0.3) is 0 Å². The molecule has 6 nitrogen and oxygen atoms in total. The summed E-state index contributed by atoms with van der Waals surface area (Å²) in [5, 5.41) is 0. The van der Waals surface area contributed by atoms with Crippen molar-refractivity contribution in [2.24, 2.45) is 11.3 Å². The molecule has 2 aliphatic heterocycles. The van der Waals surface area contributed by atoms with E-state index in [1.165, 1.54) is 12.1 Å². The molecular formula is C24H36FN3O3. The molecule has 0 radical (unpaired) electrons. The number of rotatable bonds is 7. The molecule has 2 heterocycles. The van der Waals surface area contributed by atoms with Crippen molar-refractivity contribution in [2.45, 2.75) is 39.5 Å². The summed E-state index contributed by atoms with van der Waals surface area (Å²) in [6.45, 7) is 8.91. The van der Waals surface area contributed by atoms with Gasteiger partial charge in [-0.2, -0.15) is 0 Å². The zero-order valence-corrected chi connectivity index (χ0v) is 19.1. The minimum absolute atomic E-state index is 0.133. The summed E-state index contributed by atoms with van der Waals surface area (Å²) in [7, 11) is 2.07. The Morgan fingerprint density at radius 2 is 1.71 bits per heavy atom. The molecule has 1 atom stereocenters. The first-order valence-corrected chi connectivity index (χ1v) is 11.4. The third-order valence-corrected chi connectivity index (χ3v) is 6.34. The average Bonchev–Trinajstić information content (AvgIpc) is 2.73. The molecule has 0 aliphatic carbocycles. The molecule has 0 bridgehead atoms. The molecule has 31 heavy (non-hydrogen) atoms. The molecule has 172 valence electrons. The summed E-state index contributed by atoms with van der Waals surface area (Å²) in [6, 6.07) is 5.96. The molecule has 0 spiro atoms. The predicted molar refractivity (Wildman–Crippen MR) is 118 cm³/mol. The standard InChI is InChI=1S/C24H36FN3O3/c1-19(2)15-22(29)28-10-4-9-24(17-28,18-31-21-7-5-20(25)6-8-21)16-23(30)27-13-11-26(3)12-14-27/h5-8,19H,4,9-18H2,1-3H3. The summed E-state index contributed by atoms with van der Waals surface area (Å²) in [5.41, 5.74) is -0.431. The van der Waals surface area contributed by atoms with E-state index >= 15 is 0 Å². The first-order valence-electron chi connectivity index (χ1n) is 11.4. The van der Waals surface area contributed by atoms with E-state index in [0.29, 0.717) is 37.7 Å². The van der Waals surface area contributed by atoms with E-state index in [1.54, 1.807) is 12.1 Å². The van der Waals surface area contributed by atoms with Crippen LogP contribution >= 0.6 is 0 Å². The SMILES string of the molecule is CC(C)CC(=O)N1CCCC(COc2ccc(F)cc2)(CC(=O)N2CCN(C)CC2)C1. The zero-order chi connectivity index (χ0) is 22.4. The lowest BCUT2D eigenvalue weighted by atomic mass is 9.77. The zero-order valence-electron chi connectivity index (χ0n) is 19.1. The number of ether oxygens (including phenoxy) is 1. The van der Waals surface area contributed by atoms with Crippen LogP contribution < -0.4 is 4.74 Å². The number of likely N-dealkylation sites (tertiary alicyclic amines) is 1. The molecule has 1 unspecified atom stereocenters. The fourth-order valence-corrected chi connectivity index (χ4v) is 4.47. The molecule has 2 saturated heterocycles. The topological polar surface area (TPSA) is 53.1 Å². The van der Waals surface area contributed by atoms with Crippen LogP contribution in [0.3, 0.4) is 0 Å². The van der Waals surface area contributed by atoms with E-state index in [1.807, 2.05) is 23.6 Å². The molecule has 7 heteroatoms. The van der Waals surface area contributed by atoms with E-state index in [2.05, 4.69) is 11.9 Å². The number of piperidine rings is 1. The third-order valence-electron chi connectivity index (χ3n) is 6.34. The average molecular weight is 434 g/mol. The monoisotopic (exact) mass is 433 g/mol. The second-order valence-corrected chi connectivity index (χ2v) is 9.62. The van der Waals surface area contributed by atoms with Crippen LogP contribution in [0.5, 0.6) is 5.75 Å². The number of halogens is 1. The van der Waals surface area contributed by atoms with Gasteiger partial charge in [-0.15, -0.1) is 0 Å². The Balaban J connectivity index is 1.73. The summed E-state index contributed by atoms with van der Waals surface area (Å²) in [5.74, 6) is 0.849. The summed E-state index contributed by atoms with van der Waals surface area (Å²) < 4.78 is 19.3. The van der Waals surface area contributed by atoms with Gasteiger partial charge in [-0.25, -0.2) is 4.39 Å². The number of amides is 2. The van der Waals surface area contributed by atoms with Crippen molar-refractivity contribution < 1.29 is 18.7 Å². The van der Waals surface area contributed by atoms with Gasteiger partial charge < -0.3 is 19.4 Å². The number of hydrogen-bond donors (Lipinski definition) is 0. The van der Waals surface area contributed by atoms with Crippen LogP contribution in [0.2, 0.25) is 0 Å². The Morgan fingerprint density at radius 3 is 2.35 bits per heavy atom. The van der Waals surface area contributed by atoms with Crippen molar-refractivity contribution in [2.75, 3.05) is 52.9 Å². The lowest BCUT2D eigenvalue weighted by molar-refractivity contribution is -0.142. The van der Waals surface area contributed by atoms with Gasteiger partial charge in [0.15, 0.2) is 0 Å². The highest BCUT2D eigenvalue weighted by atomic mass is 19.1. The van der Waals surface area contributed by atoms with Gasteiger partial charge in [-0.05, 0) is 50.1 Å². The van der Waals surface area contributed by atoms with Crippen molar-refractivity contribution in [1.29, 1.82) is 0 Å². The number of nitrogens with zero attached hydrogens (tertiary/aromatic N) is 3. The lowest BCUT2D eigenvalue weighted by Crippen LogP contribution is -2.53. The summed E-state index contributed by atoms with van der Waals surface area (Å²) in [6.07, 6.45) is 2.57. The number of carbonyl (C=O) groups excluding carboxylic acids is 2. The maximum Gasteiger partial charge on any atom is 0.223 e. The molecular weight excluding hydrogens is 397 g/mol. The fraction of sp³-hybridized carbons (Fsp3) is 0.667. The van der Waals surface area contributed by atoms with Crippen LogP contribution in [0.4, 0.5) is 4.39 Å². The number of hydrogen-bond acceptors (Lipinski definition) is 4. The Hall–Kier alpha value is -2.15. The van der Waals surface area contributed by atoms with Gasteiger partial charge >= 0.3 is 0 Å². The Labute approximate surface area is 185 Å². The van der Waals surface area contributed by atoms with Gasteiger partial charge in [0.1, 0.15) is 11.6 Å². The van der Waals surface area contributed by atoms with Gasteiger partial charge in [0, 0.05) is 57.5 Å². The minimum Gasteiger partial charge on any atom is -0.493 e. The summed E-state index contributed by atoms with van der Waals surface area (Å²) in [4.78, 5) is 32.0. The molecule has 0 aromatic heterocycles. The van der Waals surface area contributed by atoms with Crippen LogP contribution in [-0.4, -0.2) is 79.4 Å². The normalized spacial score (nSPS) is 22.6. The van der Waals surface area contributed by atoms with Crippen LogP contribution in [0, 0.1) is 17.2 Å². The lowest BCUT2D eigenvalue weighted by Gasteiger charge is -2.44. The molecule has 2 amide bonds. The van der Waals surface area contributed by atoms with Crippen molar-refractivity contribution in [3.05, 3.63) is 30.1 Å². The quantitative estimate of drug-likeness (QED) is 0.663. The highest BCUT2D eigenvalue weighted by Crippen LogP contribution is 2.36. The molecule has 2 aliphatic rings. The number of carbonyl (C=O) groups is 2. The summed E-state index contributed by atoms with van der Waals surface area (Å²) >= 11 is 0. The van der Waals surface area contributed by atoms with Crippen molar-refractivity contribution in [1.82, 2.24) is 14.7 Å². The Bertz CT molecular complexity index is 747. The highest BCUT2D eigenvalue weighted by molar-refractivity contribution is 5.78. The molecule has 0 saturated carbocycles. The number of piperazine rings is 1. The van der Waals surface area contributed by atoms with E-state index in [4.69, 9.17) is 4.74 Å². The van der Waals surface area contributed by atoms with E-state index in [0.717, 1.165) is 45.6 Å². The van der Waals surface area contributed by atoms with E-state index < -0.39 is 5.41 Å². The van der Waals surface area contributed by atoms with Gasteiger partial charge in [-0.1, -0.05) is 13.8 Å². The van der Waals surface area contributed by atoms with Gasteiger partial charge in [0.25, 0.3) is 0 Å². The molecule has 0 N–H and O–H groups in total. The van der Waals surface area contributed by atoms with Crippen LogP contribution in [-0.2, 0) is 9.59 Å². The van der Waals surface area contributed by atoms with E-state index in [-0.39, 0.29) is 17.6 Å².